The lowest BCUT2D eigenvalue weighted by Crippen LogP contribution is -2.50. The summed E-state index contributed by atoms with van der Waals surface area (Å²) in [7, 11) is 0. The molecule has 1 aromatic heterocycles. The van der Waals surface area contributed by atoms with Crippen LogP contribution in [0.3, 0.4) is 0 Å². The number of anilines is 1. The van der Waals surface area contributed by atoms with Crippen LogP contribution in [0.1, 0.15) is 20.8 Å². The molecule has 152 valence electrons. The second-order valence-electron chi connectivity index (χ2n) is 7.09. The SMILES string of the molecule is O=C(c1cccc(Cl)c1)N1CCN(C(=O)c2cc(N3CCOCC3)ccn2)CC1. The smallest absolute Gasteiger partial charge is 0.272 e. The molecule has 2 fully saturated rings. The van der Waals surface area contributed by atoms with E-state index in [4.69, 9.17) is 16.3 Å². The highest BCUT2D eigenvalue weighted by Gasteiger charge is 2.26. The highest BCUT2D eigenvalue weighted by atomic mass is 35.5. The van der Waals surface area contributed by atoms with Crippen molar-refractivity contribution < 1.29 is 14.3 Å². The van der Waals surface area contributed by atoms with Gasteiger partial charge in [0.1, 0.15) is 5.69 Å². The number of nitrogens with zero attached hydrogens (tertiary/aromatic N) is 4. The third-order valence-electron chi connectivity index (χ3n) is 5.26. The molecule has 0 atom stereocenters. The number of carbonyl (C=O) groups excluding carboxylic acids is 2. The van der Waals surface area contributed by atoms with Crippen molar-refractivity contribution in [3.8, 4) is 0 Å². The van der Waals surface area contributed by atoms with Crippen LogP contribution in [0.2, 0.25) is 5.02 Å². The number of hydrogen-bond donors (Lipinski definition) is 0. The quantitative estimate of drug-likeness (QED) is 0.770. The molecule has 0 N–H and O–H groups in total. The highest BCUT2D eigenvalue weighted by molar-refractivity contribution is 6.30. The second kappa shape index (κ2) is 8.80. The fourth-order valence-corrected chi connectivity index (χ4v) is 3.82. The molecule has 0 bridgehead atoms. The molecular weight excluding hydrogens is 392 g/mol. The first-order valence-corrected chi connectivity index (χ1v) is 10.1. The first kappa shape index (κ1) is 19.7. The summed E-state index contributed by atoms with van der Waals surface area (Å²) in [4.78, 5) is 35.6. The first-order valence-electron chi connectivity index (χ1n) is 9.75. The van der Waals surface area contributed by atoms with Crippen LogP contribution >= 0.6 is 11.6 Å². The summed E-state index contributed by atoms with van der Waals surface area (Å²) in [6.45, 7) is 4.93. The number of ether oxygens (including phenoxy) is 1. The van der Waals surface area contributed by atoms with Crippen LogP contribution in [0.5, 0.6) is 0 Å². The molecule has 1 aromatic carbocycles. The van der Waals surface area contributed by atoms with E-state index in [9.17, 15) is 9.59 Å². The van der Waals surface area contributed by atoms with Crippen LogP contribution in [0.25, 0.3) is 0 Å². The molecule has 2 amide bonds. The van der Waals surface area contributed by atoms with Crippen LogP contribution in [-0.4, -0.2) is 79.1 Å². The highest BCUT2D eigenvalue weighted by Crippen LogP contribution is 2.18. The standard InChI is InChI=1S/C21H23ClN4O3/c22-17-3-1-2-16(14-17)20(27)25-6-8-26(9-7-25)21(28)19-15-18(4-5-23-19)24-10-12-29-13-11-24/h1-5,14-15H,6-13H2. The van der Waals surface area contributed by atoms with Crippen LogP contribution in [0, 0.1) is 0 Å². The van der Waals surface area contributed by atoms with Crippen molar-refractivity contribution in [2.24, 2.45) is 0 Å². The molecule has 2 aliphatic rings. The minimum absolute atomic E-state index is 0.0629. The maximum Gasteiger partial charge on any atom is 0.272 e. The number of hydrogen-bond acceptors (Lipinski definition) is 5. The van der Waals surface area contributed by atoms with Gasteiger partial charge in [-0.1, -0.05) is 17.7 Å². The van der Waals surface area contributed by atoms with Gasteiger partial charge in [0.2, 0.25) is 0 Å². The summed E-state index contributed by atoms with van der Waals surface area (Å²) in [6, 6.07) is 10.7. The Labute approximate surface area is 174 Å². The van der Waals surface area contributed by atoms with Crippen molar-refractivity contribution in [1.82, 2.24) is 14.8 Å². The number of morpholine rings is 1. The number of amides is 2. The Hall–Kier alpha value is -2.64. The number of piperazine rings is 1. The predicted molar refractivity (Wildman–Crippen MR) is 111 cm³/mol. The van der Waals surface area contributed by atoms with Gasteiger partial charge in [0, 0.05) is 61.7 Å². The normalized spacial score (nSPS) is 17.3. The van der Waals surface area contributed by atoms with Crippen molar-refractivity contribution in [3.63, 3.8) is 0 Å². The van der Waals surface area contributed by atoms with Gasteiger partial charge in [-0.05, 0) is 30.3 Å². The molecule has 0 radical (unpaired) electrons. The largest absolute Gasteiger partial charge is 0.378 e. The summed E-state index contributed by atoms with van der Waals surface area (Å²) < 4.78 is 5.39. The Kier molecular flexibility index (Phi) is 5.97. The van der Waals surface area contributed by atoms with Crippen molar-refractivity contribution in [3.05, 3.63) is 58.9 Å². The molecule has 2 aliphatic heterocycles. The molecule has 0 unspecified atom stereocenters. The average molecular weight is 415 g/mol. The van der Waals surface area contributed by atoms with Gasteiger partial charge in [-0.15, -0.1) is 0 Å². The maximum absolute atomic E-state index is 12.9. The van der Waals surface area contributed by atoms with Crippen molar-refractivity contribution in [2.75, 3.05) is 57.4 Å². The molecule has 0 aliphatic carbocycles. The molecule has 7 nitrogen and oxygen atoms in total. The molecule has 2 saturated heterocycles. The van der Waals surface area contributed by atoms with Gasteiger partial charge in [-0.3, -0.25) is 14.6 Å². The van der Waals surface area contributed by atoms with Crippen molar-refractivity contribution in [2.45, 2.75) is 0 Å². The zero-order valence-electron chi connectivity index (χ0n) is 16.1. The van der Waals surface area contributed by atoms with Crippen LogP contribution in [-0.2, 0) is 4.74 Å². The molecule has 29 heavy (non-hydrogen) atoms. The van der Waals surface area contributed by atoms with Crippen molar-refractivity contribution >= 4 is 29.1 Å². The van der Waals surface area contributed by atoms with E-state index in [0.717, 1.165) is 18.8 Å². The van der Waals surface area contributed by atoms with E-state index >= 15 is 0 Å². The summed E-state index contributed by atoms with van der Waals surface area (Å²) in [5, 5.41) is 0.538. The average Bonchev–Trinajstić information content (AvgIpc) is 2.79. The summed E-state index contributed by atoms with van der Waals surface area (Å²) in [6.07, 6.45) is 1.68. The Morgan fingerprint density at radius 3 is 2.28 bits per heavy atom. The van der Waals surface area contributed by atoms with Gasteiger partial charge in [-0.2, -0.15) is 0 Å². The number of rotatable bonds is 3. The fraction of sp³-hybridized carbons (Fsp3) is 0.381. The van der Waals surface area contributed by atoms with E-state index < -0.39 is 0 Å². The Morgan fingerprint density at radius 2 is 1.59 bits per heavy atom. The van der Waals surface area contributed by atoms with E-state index in [-0.39, 0.29) is 11.8 Å². The Balaban J connectivity index is 1.38. The number of carbonyl (C=O) groups is 2. The monoisotopic (exact) mass is 414 g/mol. The lowest BCUT2D eigenvalue weighted by molar-refractivity contribution is 0.0532. The fourth-order valence-electron chi connectivity index (χ4n) is 3.63. The maximum atomic E-state index is 12.9. The van der Waals surface area contributed by atoms with Crippen LogP contribution < -0.4 is 4.90 Å². The van der Waals surface area contributed by atoms with E-state index in [1.165, 1.54) is 0 Å². The second-order valence-corrected chi connectivity index (χ2v) is 7.53. The van der Waals surface area contributed by atoms with E-state index in [1.807, 2.05) is 12.1 Å². The molecule has 4 rings (SSSR count). The van der Waals surface area contributed by atoms with Gasteiger partial charge in [0.05, 0.1) is 13.2 Å². The third kappa shape index (κ3) is 4.52. The first-order chi connectivity index (χ1) is 14.1. The molecule has 0 spiro atoms. The zero-order chi connectivity index (χ0) is 20.2. The van der Waals surface area contributed by atoms with Gasteiger partial charge >= 0.3 is 0 Å². The number of pyridine rings is 1. The lowest BCUT2D eigenvalue weighted by Gasteiger charge is -2.35. The minimum atomic E-state index is -0.102. The predicted octanol–water partition coefficient (Wildman–Crippen LogP) is 2.17. The summed E-state index contributed by atoms with van der Waals surface area (Å²) in [5.74, 6) is -0.165. The molecule has 0 saturated carbocycles. The number of halogens is 1. The minimum Gasteiger partial charge on any atom is -0.378 e. The summed E-state index contributed by atoms with van der Waals surface area (Å²) >= 11 is 5.99. The topological polar surface area (TPSA) is 66.0 Å². The van der Waals surface area contributed by atoms with Crippen molar-refractivity contribution in [1.29, 1.82) is 0 Å². The molecular formula is C21H23ClN4O3. The molecule has 8 heteroatoms. The van der Waals surface area contributed by atoms with Gasteiger partial charge in [0.15, 0.2) is 0 Å². The number of aromatic nitrogens is 1. The zero-order valence-corrected chi connectivity index (χ0v) is 16.8. The van der Waals surface area contributed by atoms with E-state index in [1.54, 1.807) is 40.3 Å². The molecule has 3 heterocycles. The van der Waals surface area contributed by atoms with E-state index in [0.29, 0.717) is 55.7 Å². The van der Waals surface area contributed by atoms with Gasteiger partial charge in [0.25, 0.3) is 11.8 Å². The van der Waals surface area contributed by atoms with Crippen LogP contribution in [0.15, 0.2) is 42.6 Å². The third-order valence-corrected chi connectivity index (χ3v) is 5.50. The van der Waals surface area contributed by atoms with Gasteiger partial charge in [-0.25, -0.2) is 0 Å². The molecule has 2 aromatic rings. The van der Waals surface area contributed by atoms with E-state index in [2.05, 4.69) is 9.88 Å². The Morgan fingerprint density at radius 1 is 0.897 bits per heavy atom. The lowest BCUT2D eigenvalue weighted by atomic mass is 10.1. The summed E-state index contributed by atoms with van der Waals surface area (Å²) in [5.41, 5.74) is 1.99. The van der Waals surface area contributed by atoms with Gasteiger partial charge < -0.3 is 19.4 Å². The Bertz CT molecular complexity index is 893. The van der Waals surface area contributed by atoms with Crippen LogP contribution in [0.4, 0.5) is 5.69 Å². The number of benzene rings is 1.